The molecule has 1 aromatic heterocycles. The molecule has 1 aliphatic carbocycles. The van der Waals surface area contributed by atoms with Crippen LogP contribution in [0.4, 0.5) is 0 Å². The van der Waals surface area contributed by atoms with E-state index in [1.54, 1.807) is 0 Å². The molecular formula is C13H23N3O. The molecule has 0 aliphatic heterocycles. The van der Waals surface area contributed by atoms with E-state index in [-0.39, 0.29) is 11.5 Å². The van der Waals surface area contributed by atoms with E-state index < -0.39 is 0 Å². The van der Waals surface area contributed by atoms with E-state index in [2.05, 4.69) is 4.98 Å². The summed E-state index contributed by atoms with van der Waals surface area (Å²) in [7, 11) is 2.01. The monoisotopic (exact) mass is 237 g/mol. The molecule has 2 unspecified atom stereocenters. The summed E-state index contributed by atoms with van der Waals surface area (Å²) in [5, 5.41) is 10.2. The summed E-state index contributed by atoms with van der Waals surface area (Å²) < 4.78 is 2.04. The van der Waals surface area contributed by atoms with Gasteiger partial charge in [-0.2, -0.15) is 0 Å². The second kappa shape index (κ2) is 5.19. The quantitative estimate of drug-likeness (QED) is 0.828. The van der Waals surface area contributed by atoms with Gasteiger partial charge in [-0.05, 0) is 19.3 Å². The summed E-state index contributed by atoms with van der Waals surface area (Å²) in [5.74, 6) is 1.08. The molecule has 96 valence electrons. The topological polar surface area (TPSA) is 64.1 Å². The zero-order valence-corrected chi connectivity index (χ0v) is 10.6. The predicted octanol–water partition coefficient (Wildman–Crippen LogP) is 1.23. The van der Waals surface area contributed by atoms with Crippen molar-refractivity contribution in [1.29, 1.82) is 0 Å². The number of nitrogens with two attached hydrogens (primary N) is 1. The maximum Gasteiger partial charge on any atom is 0.108 e. The summed E-state index contributed by atoms with van der Waals surface area (Å²) >= 11 is 0. The average molecular weight is 237 g/mol. The summed E-state index contributed by atoms with van der Waals surface area (Å²) in [5.41, 5.74) is 5.84. The first kappa shape index (κ1) is 12.6. The highest BCUT2D eigenvalue weighted by Crippen LogP contribution is 2.39. The fourth-order valence-corrected chi connectivity index (χ4v) is 2.92. The van der Waals surface area contributed by atoms with E-state index in [0.29, 0.717) is 6.54 Å². The first-order chi connectivity index (χ1) is 8.18. The third-order valence-corrected chi connectivity index (χ3v) is 4.28. The maximum absolute atomic E-state index is 10.2. The van der Waals surface area contributed by atoms with Crippen LogP contribution in [0.5, 0.6) is 0 Å². The Hall–Kier alpha value is -0.870. The lowest BCUT2D eigenvalue weighted by atomic mass is 9.69. The number of rotatable bonds is 4. The highest BCUT2D eigenvalue weighted by Gasteiger charge is 2.38. The summed E-state index contributed by atoms with van der Waals surface area (Å²) in [6, 6.07) is 0. The highest BCUT2D eigenvalue weighted by molar-refractivity contribution is 4.97. The molecule has 0 amide bonds. The van der Waals surface area contributed by atoms with Crippen molar-refractivity contribution in [3.63, 3.8) is 0 Å². The van der Waals surface area contributed by atoms with Crippen LogP contribution >= 0.6 is 0 Å². The van der Waals surface area contributed by atoms with Crippen LogP contribution in [0.15, 0.2) is 12.4 Å². The van der Waals surface area contributed by atoms with Crippen molar-refractivity contribution in [2.45, 2.75) is 44.6 Å². The Kier molecular flexibility index (Phi) is 3.84. The van der Waals surface area contributed by atoms with Crippen molar-refractivity contribution >= 4 is 0 Å². The molecule has 0 saturated heterocycles. The molecule has 1 saturated carbocycles. The molecule has 4 nitrogen and oxygen atoms in total. The number of hydrogen-bond acceptors (Lipinski definition) is 3. The minimum atomic E-state index is -0.235. The smallest absolute Gasteiger partial charge is 0.108 e. The molecule has 0 radical (unpaired) electrons. The lowest BCUT2D eigenvalue weighted by molar-refractivity contribution is -0.0119. The molecular weight excluding hydrogens is 214 g/mol. The van der Waals surface area contributed by atoms with Gasteiger partial charge in [0.15, 0.2) is 0 Å². The number of hydrogen-bond donors (Lipinski definition) is 2. The van der Waals surface area contributed by atoms with E-state index in [1.807, 2.05) is 24.0 Å². The minimum Gasteiger partial charge on any atom is -0.393 e. The largest absolute Gasteiger partial charge is 0.393 e. The van der Waals surface area contributed by atoms with Crippen LogP contribution in [0.2, 0.25) is 0 Å². The molecule has 3 N–H and O–H groups in total. The van der Waals surface area contributed by atoms with Gasteiger partial charge in [-0.15, -0.1) is 0 Å². The van der Waals surface area contributed by atoms with Crippen LogP contribution in [0, 0.1) is 5.41 Å². The lowest BCUT2D eigenvalue weighted by Gasteiger charge is -2.40. The molecule has 1 aromatic rings. The van der Waals surface area contributed by atoms with Gasteiger partial charge in [0, 0.05) is 37.8 Å². The van der Waals surface area contributed by atoms with Crippen molar-refractivity contribution in [3.05, 3.63) is 18.2 Å². The molecule has 0 bridgehead atoms. The Morgan fingerprint density at radius 2 is 2.41 bits per heavy atom. The van der Waals surface area contributed by atoms with E-state index >= 15 is 0 Å². The number of nitrogens with zero attached hydrogens (tertiary/aromatic N) is 2. The van der Waals surface area contributed by atoms with Crippen LogP contribution in [0.3, 0.4) is 0 Å². The first-order valence-electron chi connectivity index (χ1n) is 6.52. The first-order valence-corrected chi connectivity index (χ1v) is 6.52. The summed E-state index contributed by atoms with van der Waals surface area (Å²) in [6.45, 7) is 0.582. The maximum atomic E-state index is 10.2. The Morgan fingerprint density at radius 1 is 1.59 bits per heavy atom. The molecule has 17 heavy (non-hydrogen) atoms. The number of aliphatic hydroxyl groups excluding tert-OH is 1. The van der Waals surface area contributed by atoms with Crippen LogP contribution < -0.4 is 5.73 Å². The second-order valence-electron chi connectivity index (χ2n) is 5.28. The van der Waals surface area contributed by atoms with Crippen LogP contribution in [0.25, 0.3) is 0 Å². The normalized spacial score (nSPS) is 29.5. The van der Waals surface area contributed by atoms with Gasteiger partial charge in [-0.3, -0.25) is 0 Å². The summed E-state index contributed by atoms with van der Waals surface area (Å²) in [6.07, 6.45) is 9.66. The Bertz CT molecular complexity index is 363. The van der Waals surface area contributed by atoms with Crippen LogP contribution in [-0.2, 0) is 13.5 Å². The molecule has 2 rings (SSSR count). The van der Waals surface area contributed by atoms with Gasteiger partial charge in [0.25, 0.3) is 0 Å². The molecule has 1 heterocycles. The van der Waals surface area contributed by atoms with Crippen LogP contribution in [0.1, 0.15) is 37.9 Å². The van der Waals surface area contributed by atoms with E-state index in [4.69, 9.17) is 5.73 Å². The molecule has 1 fully saturated rings. The summed E-state index contributed by atoms with van der Waals surface area (Å²) in [4.78, 5) is 4.33. The SMILES string of the molecule is Cn1ccnc1CCC1(CN)CCCCC1O. The molecule has 4 heteroatoms. The van der Waals surface area contributed by atoms with Gasteiger partial charge in [0.05, 0.1) is 6.10 Å². The number of imidazole rings is 1. The van der Waals surface area contributed by atoms with Gasteiger partial charge in [0.2, 0.25) is 0 Å². The molecule has 2 atom stereocenters. The van der Waals surface area contributed by atoms with Crippen LogP contribution in [-0.4, -0.2) is 27.3 Å². The number of aliphatic hydroxyl groups is 1. The molecule has 0 spiro atoms. The number of aryl methyl sites for hydroxylation is 2. The lowest BCUT2D eigenvalue weighted by Crippen LogP contribution is -2.44. The zero-order chi connectivity index (χ0) is 12.3. The van der Waals surface area contributed by atoms with Gasteiger partial charge in [-0.1, -0.05) is 12.8 Å². The Balaban J connectivity index is 2.02. The highest BCUT2D eigenvalue weighted by atomic mass is 16.3. The Morgan fingerprint density at radius 3 is 3.00 bits per heavy atom. The Labute approximate surface area is 103 Å². The van der Waals surface area contributed by atoms with Gasteiger partial charge in [0.1, 0.15) is 5.82 Å². The van der Waals surface area contributed by atoms with Crippen molar-refractivity contribution in [3.8, 4) is 0 Å². The fraction of sp³-hybridized carbons (Fsp3) is 0.769. The van der Waals surface area contributed by atoms with E-state index in [9.17, 15) is 5.11 Å². The van der Waals surface area contributed by atoms with Crippen molar-refractivity contribution in [2.24, 2.45) is 18.2 Å². The van der Waals surface area contributed by atoms with Gasteiger partial charge < -0.3 is 15.4 Å². The number of aromatic nitrogens is 2. The average Bonchev–Trinajstić information content (AvgIpc) is 2.75. The fourth-order valence-electron chi connectivity index (χ4n) is 2.92. The minimum absolute atomic E-state index is 0.0792. The van der Waals surface area contributed by atoms with E-state index in [1.165, 1.54) is 6.42 Å². The predicted molar refractivity (Wildman–Crippen MR) is 67.5 cm³/mol. The van der Waals surface area contributed by atoms with Crippen molar-refractivity contribution in [2.75, 3.05) is 6.54 Å². The standard InChI is InChI=1S/C13H23N3O/c1-16-9-8-15-12(16)5-7-13(10-14)6-3-2-4-11(13)17/h8-9,11,17H,2-7,10,14H2,1H3. The van der Waals surface area contributed by atoms with Crippen molar-refractivity contribution < 1.29 is 5.11 Å². The van der Waals surface area contributed by atoms with E-state index in [0.717, 1.165) is 37.9 Å². The van der Waals surface area contributed by atoms with Crippen molar-refractivity contribution in [1.82, 2.24) is 9.55 Å². The molecule has 1 aliphatic rings. The molecule has 0 aromatic carbocycles. The third-order valence-electron chi connectivity index (χ3n) is 4.28. The van der Waals surface area contributed by atoms with Gasteiger partial charge in [-0.25, -0.2) is 4.98 Å². The van der Waals surface area contributed by atoms with Gasteiger partial charge >= 0.3 is 0 Å². The zero-order valence-electron chi connectivity index (χ0n) is 10.6. The third kappa shape index (κ3) is 2.53. The second-order valence-corrected chi connectivity index (χ2v) is 5.28.